The Morgan fingerprint density at radius 2 is 2.40 bits per heavy atom. The summed E-state index contributed by atoms with van der Waals surface area (Å²) >= 11 is 5.81. The van der Waals surface area contributed by atoms with Crippen LogP contribution in [0, 0.1) is 6.92 Å². The normalized spacial score (nSPS) is 23.2. The molecule has 10 heavy (non-hydrogen) atoms. The first-order valence-corrected chi connectivity index (χ1v) is 3.40. The lowest BCUT2D eigenvalue weighted by atomic mass is 10.3. The molecule has 1 aliphatic heterocycles. The molecule has 1 fully saturated rings. The van der Waals surface area contributed by atoms with Gasteiger partial charge in [-0.15, -0.1) is 0 Å². The number of hydrogen-bond donors (Lipinski definition) is 0. The van der Waals surface area contributed by atoms with E-state index in [4.69, 9.17) is 20.9 Å². The molecule has 0 aromatic carbocycles. The Hall–Kier alpha value is -0.540. The van der Waals surface area contributed by atoms with E-state index in [-0.39, 0.29) is 6.10 Å². The molecule has 2 heterocycles. The molecule has 1 aromatic rings. The molecule has 0 N–H and O–H groups in total. The van der Waals surface area contributed by atoms with Crippen LogP contribution in [0.4, 0.5) is 0 Å². The van der Waals surface area contributed by atoms with Crippen molar-refractivity contribution in [3.63, 3.8) is 0 Å². The second-order valence-corrected chi connectivity index (χ2v) is 2.65. The van der Waals surface area contributed by atoms with E-state index in [1.54, 1.807) is 6.92 Å². The van der Waals surface area contributed by atoms with E-state index < -0.39 is 0 Å². The molecule has 0 bridgehead atoms. The minimum absolute atomic E-state index is 0.0636. The molecule has 0 radical (unpaired) electrons. The molecule has 2 rings (SSSR count). The van der Waals surface area contributed by atoms with E-state index in [0.717, 1.165) is 5.69 Å². The van der Waals surface area contributed by atoms with E-state index >= 15 is 0 Å². The highest BCUT2D eigenvalue weighted by molar-refractivity contribution is 6.31. The van der Waals surface area contributed by atoms with Gasteiger partial charge >= 0.3 is 0 Å². The van der Waals surface area contributed by atoms with Gasteiger partial charge in [0.05, 0.1) is 12.3 Å². The maximum absolute atomic E-state index is 5.81. The molecular formula is C6H6ClNO2. The number of aromatic nitrogens is 1. The molecule has 4 heteroatoms. The molecule has 1 atom stereocenters. The topological polar surface area (TPSA) is 38.6 Å². The highest BCUT2D eigenvalue weighted by atomic mass is 35.5. The van der Waals surface area contributed by atoms with Crippen LogP contribution in [0.1, 0.15) is 17.6 Å². The summed E-state index contributed by atoms with van der Waals surface area (Å²) < 4.78 is 9.88. The molecule has 0 saturated carbocycles. The average molecular weight is 160 g/mol. The SMILES string of the molecule is Cc1noc(C2CO2)c1Cl. The zero-order valence-electron chi connectivity index (χ0n) is 5.43. The van der Waals surface area contributed by atoms with E-state index in [9.17, 15) is 0 Å². The summed E-state index contributed by atoms with van der Waals surface area (Å²) in [7, 11) is 0. The molecule has 0 amide bonds. The Balaban J connectivity index is 2.40. The fourth-order valence-corrected chi connectivity index (χ4v) is 0.966. The Labute approximate surface area is 62.9 Å². The molecule has 3 nitrogen and oxygen atoms in total. The lowest BCUT2D eigenvalue weighted by molar-refractivity contribution is 0.324. The van der Waals surface area contributed by atoms with Gasteiger partial charge in [0.1, 0.15) is 11.1 Å². The van der Waals surface area contributed by atoms with Crippen LogP contribution in [0.25, 0.3) is 0 Å². The number of nitrogens with zero attached hydrogens (tertiary/aromatic N) is 1. The number of rotatable bonds is 1. The van der Waals surface area contributed by atoms with Gasteiger partial charge in [0.15, 0.2) is 5.76 Å². The zero-order chi connectivity index (χ0) is 7.14. The van der Waals surface area contributed by atoms with Crippen molar-refractivity contribution in [3.05, 3.63) is 16.5 Å². The molecule has 0 spiro atoms. The highest BCUT2D eigenvalue weighted by Gasteiger charge is 2.32. The van der Waals surface area contributed by atoms with E-state index in [0.29, 0.717) is 17.4 Å². The van der Waals surface area contributed by atoms with Gasteiger partial charge in [0.25, 0.3) is 0 Å². The van der Waals surface area contributed by atoms with Crippen LogP contribution in [-0.2, 0) is 4.74 Å². The number of halogens is 1. The monoisotopic (exact) mass is 159 g/mol. The molecule has 1 aliphatic rings. The van der Waals surface area contributed by atoms with Gasteiger partial charge in [-0.3, -0.25) is 0 Å². The summed E-state index contributed by atoms with van der Waals surface area (Å²) in [5, 5.41) is 4.29. The van der Waals surface area contributed by atoms with Crippen LogP contribution in [0.2, 0.25) is 5.02 Å². The molecule has 0 aliphatic carbocycles. The van der Waals surface area contributed by atoms with Gasteiger partial charge in [0, 0.05) is 0 Å². The second-order valence-electron chi connectivity index (χ2n) is 2.27. The predicted molar refractivity (Wildman–Crippen MR) is 34.9 cm³/mol. The van der Waals surface area contributed by atoms with Crippen LogP contribution >= 0.6 is 11.6 Å². The molecule has 54 valence electrons. The molecule has 1 unspecified atom stereocenters. The summed E-state index contributed by atoms with van der Waals surface area (Å²) in [5.74, 6) is 0.666. The summed E-state index contributed by atoms with van der Waals surface area (Å²) in [4.78, 5) is 0. The Bertz CT molecular complexity index is 254. The van der Waals surface area contributed by atoms with Crippen LogP contribution in [0.5, 0.6) is 0 Å². The van der Waals surface area contributed by atoms with Gasteiger partial charge in [0.2, 0.25) is 0 Å². The van der Waals surface area contributed by atoms with Crippen molar-refractivity contribution in [3.8, 4) is 0 Å². The van der Waals surface area contributed by atoms with E-state index in [2.05, 4.69) is 5.16 Å². The van der Waals surface area contributed by atoms with Crippen molar-refractivity contribution in [2.45, 2.75) is 13.0 Å². The highest BCUT2D eigenvalue weighted by Crippen LogP contribution is 2.35. The van der Waals surface area contributed by atoms with Crippen molar-refractivity contribution in [1.29, 1.82) is 0 Å². The van der Waals surface area contributed by atoms with Crippen molar-refractivity contribution in [2.24, 2.45) is 0 Å². The Morgan fingerprint density at radius 1 is 1.70 bits per heavy atom. The minimum Gasteiger partial charge on any atom is -0.364 e. The zero-order valence-corrected chi connectivity index (χ0v) is 6.18. The molecule has 1 aromatic heterocycles. The fourth-order valence-electron chi connectivity index (χ4n) is 0.776. The second kappa shape index (κ2) is 1.97. The quantitative estimate of drug-likeness (QED) is 0.586. The number of hydrogen-bond acceptors (Lipinski definition) is 3. The Morgan fingerprint density at radius 3 is 2.80 bits per heavy atom. The lowest BCUT2D eigenvalue weighted by Crippen LogP contribution is -1.74. The van der Waals surface area contributed by atoms with Crippen LogP contribution in [0.15, 0.2) is 4.52 Å². The number of epoxide rings is 1. The summed E-state index contributed by atoms with van der Waals surface area (Å²) in [5.41, 5.74) is 0.729. The van der Waals surface area contributed by atoms with Crippen molar-refractivity contribution in [1.82, 2.24) is 5.16 Å². The first kappa shape index (κ1) is 6.19. The van der Waals surface area contributed by atoms with Gasteiger partial charge in [-0.1, -0.05) is 16.8 Å². The third-order valence-corrected chi connectivity index (χ3v) is 1.90. The first-order valence-electron chi connectivity index (χ1n) is 3.02. The smallest absolute Gasteiger partial charge is 0.186 e. The third-order valence-electron chi connectivity index (χ3n) is 1.44. The van der Waals surface area contributed by atoms with Crippen molar-refractivity contribution in [2.75, 3.05) is 6.61 Å². The first-order chi connectivity index (χ1) is 4.79. The average Bonchev–Trinajstić information content (AvgIpc) is 2.67. The van der Waals surface area contributed by atoms with Gasteiger partial charge in [-0.05, 0) is 6.92 Å². The van der Waals surface area contributed by atoms with Crippen LogP contribution in [-0.4, -0.2) is 11.8 Å². The van der Waals surface area contributed by atoms with Gasteiger partial charge in [-0.2, -0.15) is 0 Å². The maximum atomic E-state index is 5.81. The van der Waals surface area contributed by atoms with Crippen LogP contribution in [0.3, 0.4) is 0 Å². The maximum Gasteiger partial charge on any atom is 0.186 e. The summed E-state index contributed by atoms with van der Waals surface area (Å²) in [6.07, 6.45) is 0.0636. The lowest BCUT2D eigenvalue weighted by Gasteiger charge is -1.83. The van der Waals surface area contributed by atoms with E-state index in [1.165, 1.54) is 0 Å². The van der Waals surface area contributed by atoms with Gasteiger partial charge < -0.3 is 9.26 Å². The predicted octanol–water partition coefficient (Wildman–Crippen LogP) is 1.71. The number of aryl methyl sites for hydroxylation is 1. The standard InChI is InChI=1S/C6H6ClNO2/c1-3-5(7)6(10-8-3)4-2-9-4/h4H,2H2,1H3. The minimum atomic E-state index is 0.0636. The van der Waals surface area contributed by atoms with Crippen molar-refractivity contribution < 1.29 is 9.26 Å². The fraction of sp³-hybridized carbons (Fsp3) is 0.500. The van der Waals surface area contributed by atoms with Crippen molar-refractivity contribution >= 4 is 11.6 Å². The third kappa shape index (κ3) is 0.822. The summed E-state index contributed by atoms with van der Waals surface area (Å²) in [6, 6.07) is 0. The number of ether oxygens (including phenoxy) is 1. The van der Waals surface area contributed by atoms with Crippen LogP contribution < -0.4 is 0 Å². The molecular weight excluding hydrogens is 154 g/mol. The van der Waals surface area contributed by atoms with Gasteiger partial charge in [-0.25, -0.2) is 0 Å². The Kier molecular flexibility index (Phi) is 1.22. The molecule has 1 saturated heterocycles. The van der Waals surface area contributed by atoms with E-state index in [1.807, 2.05) is 0 Å². The summed E-state index contributed by atoms with van der Waals surface area (Å²) in [6.45, 7) is 2.51. The largest absolute Gasteiger partial charge is 0.364 e.